The first kappa shape index (κ1) is 26.7. The van der Waals surface area contributed by atoms with E-state index >= 15 is 4.39 Å². The van der Waals surface area contributed by atoms with Crippen LogP contribution in [0.4, 0.5) is 26.3 Å². The van der Waals surface area contributed by atoms with Gasteiger partial charge in [0.15, 0.2) is 11.3 Å². The minimum Gasteiger partial charge on any atom is -0.367 e. The Bertz CT molecular complexity index is 1220. The Morgan fingerprint density at radius 1 is 1.13 bits per heavy atom. The topological polar surface area (TPSA) is 102 Å². The second kappa shape index (κ2) is 9.41. The van der Waals surface area contributed by atoms with Crippen molar-refractivity contribution in [3.8, 4) is 0 Å². The molecular weight excluding hydrogens is 516 g/mol. The third kappa shape index (κ3) is 5.61. The lowest BCUT2D eigenvalue weighted by Gasteiger charge is -2.33. The van der Waals surface area contributed by atoms with Gasteiger partial charge in [-0.1, -0.05) is 0 Å². The van der Waals surface area contributed by atoms with Crippen LogP contribution in [0.5, 0.6) is 0 Å². The Balaban J connectivity index is 1.39. The fourth-order valence-electron chi connectivity index (χ4n) is 5.80. The van der Waals surface area contributed by atoms with Crippen LogP contribution in [0, 0.1) is 17.8 Å². The van der Waals surface area contributed by atoms with Crippen LogP contribution in [-0.2, 0) is 9.59 Å². The molecule has 3 aliphatic carbocycles. The average molecular weight is 546 g/mol. The number of imidazole rings is 1. The molecule has 0 bridgehead atoms. The summed E-state index contributed by atoms with van der Waals surface area (Å²) in [5, 5.41) is 7.03. The zero-order chi connectivity index (χ0) is 27.5. The van der Waals surface area contributed by atoms with Gasteiger partial charge in [0.2, 0.25) is 11.8 Å². The lowest BCUT2D eigenvalue weighted by atomic mass is 9.74. The molecule has 5 rings (SSSR count). The summed E-state index contributed by atoms with van der Waals surface area (Å²) in [5.41, 5.74) is 4.44. The van der Waals surface area contributed by atoms with Crippen molar-refractivity contribution in [3.05, 3.63) is 29.7 Å². The van der Waals surface area contributed by atoms with Gasteiger partial charge in [0.1, 0.15) is 0 Å². The zero-order valence-electron chi connectivity index (χ0n) is 20.5. The summed E-state index contributed by atoms with van der Waals surface area (Å²) in [5.74, 6) is -6.19. The molecule has 3 saturated carbocycles. The Morgan fingerprint density at radius 3 is 2.39 bits per heavy atom. The standard InChI is InChI=1S/C25H29F6N5O2/c26-23(27)6-3-13(4-7-23)20(16-10-24(16,28)22(32)38)17-12-36-18(34-17)9-15(11-33-36)21(14-1-2-14)35-19(37)5-8-25(29,30)31/h9,11-14,16,20-21H,1-8,10H2,(H2,32,38)(H,35,37)/t16?,20-,21+,24?/m0/s1. The summed E-state index contributed by atoms with van der Waals surface area (Å²) in [4.78, 5) is 28.6. The predicted octanol–water partition coefficient (Wildman–Crippen LogP) is 4.76. The number of rotatable bonds is 9. The number of carbonyl (C=O) groups is 2. The van der Waals surface area contributed by atoms with Crippen molar-refractivity contribution >= 4 is 17.5 Å². The fraction of sp³-hybridized carbons (Fsp3) is 0.680. The summed E-state index contributed by atoms with van der Waals surface area (Å²) in [7, 11) is 0. The van der Waals surface area contributed by atoms with Crippen molar-refractivity contribution in [2.75, 3.05) is 0 Å². The number of alkyl halides is 6. The third-order valence-corrected chi connectivity index (χ3v) is 8.16. The Morgan fingerprint density at radius 2 is 1.82 bits per heavy atom. The van der Waals surface area contributed by atoms with Gasteiger partial charge in [-0.25, -0.2) is 22.7 Å². The van der Waals surface area contributed by atoms with Crippen LogP contribution in [0.15, 0.2) is 18.5 Å². The van der Waals surface area contributed by atoms with E-state index in [2.05, 4.69) is 15.4 Å². The van der Waals surface area contributed by atoms with Crippen LogP contribution >= 0.6 is 0 Å². The number of halogens is 6. The number of amides is 2. The van der Waals surface area contributed by atoms with E-state index in [1.807, 2.05) is 0 Å². The molecule has 3 N–H and O–H groups in total. The molecule has 7 nitrogen and oxygen atoms in total. The molecular formula is C25H29F6N5O2. The molecule has 3 fully saturated rings. The van der Waals surface area contributed by atoms with Crippen LogP contribution in [0.1, 0.15) is 81.0 Å². The molecule has 0 spiro atoms. The second-order valence-electron chi connectivity index (χ2n) is 11.0. The molecule has 2 amide bonds. The van der Waals surface area contributed by atoms with E-state index in [0.717, 1.165) is 12.8 Å². The van der Waals surface area contributed by atoms with Gasteiger partial charge in [-0.2, -0.15) is 18.3 Å². The normalized spacial score (nSPS) is 27.2. The van der Waals surface area contributed by atoms with E-state index in [0.29, 0.717) is 16.9 Å². The molecule has 0 saturated heterocycles. The second-order valence-corrected chi connectivity index (χ2v) is 11.0. The van der Waals surface area contributed by atoms with Crippen LogP contribution in [0.3, 0.4) is 0 Å². The van der Waals surface area contributed by atoms with Gasteiger partial charge >= 0.3 is 6.18 Å². The van der Waals surface area contributed by atoms with Gasteiger partial charge in [0.25, 0.3) is 5.91 Å². The summed E-state index contributed by atoms with van der Waals surface area (Å²) in [6.07, 6.45) is -2.07. The van der Waals surface area contributed by atoms with E-state index in [1.54, 1.807) is 12.3 Å². The summed E-state index contributed by atoms with van der Waals surface area (Å²) in [6.45, 7) is 0. The number of hydrogen-bond donors (Lipinski definition) is 2. The van der Waals surface area contributed by atoms with Gasteiger partial charge in [-0.3, -0.25) is 9.59 Å². The van der Waals surface area contributed by atoms with E-state index in [1.165, 1.54) is 10.7 Å². The number of hydrogen-bond acceptors (Lipinski definition) is 4. The molecule has 3 aliphatic rings. The minimum absolute atomic E-state index is 0.0642. The SMILES string of the molecule is NC(=O)C1(F)CC1[C@@H](c1cn2ncc([C@H](NC(=O)CCC(F)(F)F)C3CC3)cc2n1)C1CCC(F)(F)CC1. The van der Waals surface area contributed by atoms with Gasteiger partial charge in [-0.15, -0.1) is 0 Å². The van der Waals surface area contributed by atoms with Crippen molar-refractivity contribution in [2.24, 2.45) is 23.5 Å². The molecule has 2 aromatic rings. The number of nitrogens with two attached hydrogens (primary N) is 1. The number of fused-ring (bicyclic) bond motifs is 1. The summed E-state index contributed by atoms with van der Waals surface area (Å²) < 4.78 is 81.8. The first-order valence-corrected chi connectivity index (χ1v) is 12.8. The molecule has 0 aliphatic heterocycles. The minimum atomic E-state index is -4.43. The van der Waals surface area contributed by atoms with Crippen molar-refractivity contribution in [1.29, 1.82) is 0 Å². The van der Waals surface area contributed by atoms with Gasteiger partial charge in [-0.05, 0) is 55.6 Å². The summed E-state index contributed by atoms with van der Waals surface area (Å²) >= 11 is 0. The van der Waals surface area contributed by atoms with Crippen molar-refractivity contribution < 1.29 is 35.9 Å². The maximum Gasteiger partial charge on any atom is 0.389 e. The molecule has 2 aromatic heterocycles. The maximum atomic E-state index is 15.1. The number of aromatic nitrogens is 3. The molecule has 13 heteroatoms. The van der Waals surface area contributed by atoms with E-state index < -0.39 is 60.3 Å². The Hall–Kier alpha value is -2.86. The monoisotopic (exact) mass is 545 g/mol. The molecule has 2 unspecified atom stereocenters. The smallest absolute Gasteiger partial charge is 0.367 e. The van der Waals surface area contributed by atoms with Crippen LogP contribution in [0.2, 0.25) is 0 Å². The Labute approximate surface area is 214 Å². The lowest BCUT2D eigenvalue weighted by Crippen LogP contribution is -2.33. The van der Waals surface area contributed by atoms with Crippen LogP contribution in [0.25, 0.3) is 5.65 Å². The van der Waals surface area contributed by atoms with Gasteiger partial charge < -0.3 is 11.1 Å². The van der Waals surface area contributed by atoms with Crippen LogP contribution < -0.4 is 11.1 Å². The Kier molecular flexibility index (Phi) is 6.62. The maximum absolute atomic E-state index is 15.1. The number of nitrogens with zero attached hydrogens (tertiary/aromatic N) is 3. The van der Waals surface area contributed by atoms with E-state index in [-0.39, 0.29) is 43.9 Å². The molecule has 2 heterocycles. The molecule has 208 valence electrons. The zero-order valence-corrected chi connectivity index (χ0v) is 20.5. The largest absolute Gasteiger partial charge is 0.389 e. The summed E-state index contributed by atoms with van der Waals surface area (Å²) in [6, 6.07) is 1.14. The van der Waals surface area contributed by atoms with Crippen molar-refractivity contribution in [2.45, 2.75) is 87.5 Å². The highest BCUT2D eigenvalue weighted by Gasteiger charge is 2.65. The molecule has 0 aromatic carbocycles. The molecule has 4 atom stereocenters. The lowest BCUT2D eigenvalue weighted by molar-refractivity contribution is -0.144. The van der Waals surface area contributed by atoms with Gasteiger partial charge in [0.05, 0.1) is 30.6 Å². The van der Waals surface area contributed by atoms with E-state index in [9.17, 15) is 31.5 Å². The highest BCUT2D eigenvalue weighted by molar-refractivity contribution is 5.87. The number of nitrogens with one attached hydrogen (secondary N) is 1. The van der Waals surface area contributed by atoms with E-state index in [4.69, 9.17) is 5.73 Å². The predicted molar refractivity (Wildman–Crippen MR) is 123 cm³/mol. The third-order valence-electron chi connectivity index (χ3n) is 8.16. The first-order chi connectivity index (χ1) is 17.8. The number of carbonyl (C=O) groups excluding carboxylic acids is 2. The van der Waals surface area contributed by atoms with Crippen LogP contribution in [-0.4, -0.2) is 44.2 Å². The highest BCUT2D eigenvalue weighted by atomic mass is 19.4. The van der Waals surface area contributed by atoms with Crippen molar-refractivity contribution in [1.82, 2.24) is 19.9 Å². The number of primary amides is 1. The first-order valence-electron chi connectivity index (χ1n) is 12.8. The molecule has 38 heavy (non-hydrogen) atoms. The van der Waals surface area contributed by atoms with Crippen molar-refractivity contribution in [3.63, 3.8) is 0 Å². The molecule has 0 radical (unpaired) electrons. The van der Waals surface area contributed by atoms with Gasteiger partial charge in [0, 0.05) is 31.1 Å². The quantitative estimate of drug-likeness (QED) is 0.444. The highest BCUT2D eigenvalue weighted by Crippen LogP contribution is 2.59. The average Bonchev–Trinajstić information content (AvgIpc) is 3.74. The fourth-order valence-corrected chi connectivity index (χ4v) is 5.80.